The Bertz CT molecular complexity index is 1110. The maximum Gasteiger partial charge on any atom is 0.245 e. The van der Waals surface area contributed by atoms with Gasteiger partial charge in [0.05, 0.1) is 0 Å². The van der Waals surface area contributed by atoms with Crippen molar-refractivity contribution in [1.82, 2.24) is 31.5 Å². The van der Waals surface area contributed by atoms with Crippen LogP contribution < -0.4 is 26.6 Å². The monoisotopic (exact) mass is 662 g/mol. The zero-order valence-corrected chi connectivity index (χ0v) is 30.4. The molecule has 0 bridgehead atoms. The van der Waals surface area contributed by atoms with E-state index in [4.69, 9.17) is 0 Å². The Morgan fingerprint density at radius 1 is 0.468 bits per heavy atom. The van der Waals surface area contributed by atoms with E-state index in [1.165, 1.54) is 4.90 Å². The lowest BCUT2D eigenvalue weighted by molar-refractivity contribution is -0.143. The maximum atomic E-state index is 14.0. The fourth-order valence-electron chi connectivity index (χ4n) is 6.36. The molecule has 0 unspecified atom stereocenters. The topological polar surface area (TPSA) is 166 Å². The number of amides is 6. The van der Waals surface area contributed by atoms with Crippen molar-refractivity contribution in [1.29, 1.82) is 0 Å². The van der Waals surface area contributed by atoms with Crippen LogP contribution in [0, 0.1) is 29.6 Å². The van der Waals surface area contributed by atoms with Gasteiger partial charge in [0.15, 0.2) is 0 Å². The van der Waals surface area contributed by atoms with Gasteiger partial charge in [-0.2, -0.15) is 0 Å². The first-order valence-electron chi connectivity index (χ1n) is 17.7. The summed E-state index contributed by atoms with van der Waals surface area (Å²) in [7, 11) is 0. The lowest BCUT2D eigenvalue weighted by Gasteiger charge is -2.33. The van der Waals surface area contributed by atoms with Crippen LogP contribution in [0.2, 0.25) is 0 Å². The highest BCUT2D eigenvalue weighted by Crippen LogP contribution is 2.22. The third-order valence-electron chi connectivity index (χ3n) is 8.52. The number of carbonyl (C=O) groups is 6. The summed E-state index contributed by atoms with van der Waals surface area (Å²) in [5.41, 5.74) is 0. The second kappa shape index (κ2) is 18.4. The van der Waals surface area contributed by atoms with E-state index in [0.717, 1.165) is 0 Å². The number of carbonyl (C=O) groups excluding carboxylic acids is 6. The molecule has 2 aliphatic rings. The summed E-state index contributed by atoms with van der Waals surface area (Å²) in [5, 5.41) is 14.4. The molecule has 12 heteroatoms. The Morgan fingerprint density at radius 3 is 1.06 bits per heavy atom. The Balaban J connectivity index is 2.63. The molecule has 0 aromatic heterocycles. The summed E-state index contributed by atoms with van der Waals surface area (Å²) in [6.45, 7) is 19.7. The van der Waals surface area contributed by atoms with Crippen LogP contribution in [0.1, 0.15) is 114 Å². The van der Waals surface area contributed by atoms with Gasteiger partial charge in [-0.05, 0) is 74.5 Å². The average molecular weight is 663 g/mol. The third-order valence-corrected chi connectivity index (χ3v) is 8.52. The van der Waals surface area contributed by atoms with Crippen molar-refractivity contribution in [2.45, 2.75) is 150 Å². The fraction of sp³-hybridized carbons (Fsp3) is 0.829. The van der Waals surface area contributed by atoms with E-state index in [2.05, 4.69) is 26.6 Å². The Labute approximate surface area is 282 Å². The lowest BCUT2D eigenvalue weighted by Crippen LogP contribution is -2.61. The molecule has 2 aliphatic heterocycles. The van der Waals surface area contributed by atoms with E-state index in [-0.39, 0.29) is 35.5 Å². The summed E-state index contributed by atoms with van der Waals surface area (Å²) in [6, 6.07) is -5.49. The highest BCUT2D eigenvalue weighted by molar-refractivity contribution is 5.98. The van der Waals surface area contributed by atoms with E-state index in [9.17, 15) is 28.8 Å². The smallest absolute Gasteiger partial charge is 0.245 e. The molecule has 47 heavy (non-hydrogen) atoms. The first-order valence-corrected chi connectivity index (χ1v) is 17.7. The summed E-state index contributed by atoms with van der Waals surface area (Å²) < 4.78 is 0. The van der Waals surface area contributed by atoms with Crippen molar-refractivity contribution < 1.29 is 28.8 Å². The van der Waals surface area contributed by atoms with Crippen LogP contribution in [0.5, 0.6) is 0 Å². The minimum atomic E-state index is -0.958. The number of nitrogens with one attached hydrogen (secondary N) is 5. The molecule has 2 saturated heterocycles. The van der Waals surface area contributed by atoms with E-state index < -0.39 is 65.8 Å². The SMILES string of the molecule is CC(C)C[C@@H]1NC(=O)[C@@H](CC(C)C)NC(=O)[C@@H](CC(C)C)NC(=O)[C@@H](CC(C)C)NC(=O)[C@@H](CC(C)C)NC(=O)[C@H]2CCCN2C1=O. The van der Waals surface area contributed by atoms with Gasteiger partial charge in [-0.15, -0.1) is 0 Å². The molecule has 2 rings (SSSR count). The predicted molar refractivity (Wildman–Crippen MR) is 182 cm³/mol. The first kappa shape index (κ1) is 40.0. The summed E-state index contributed by atoms with van der Waals surface area (Å²) in [6.07, 6.45) is 2.66. The molecule has 0 radical (unpaired) electrons. The molecule has 6 amide bonds. The number of rotatable bonds is 10. The van der Waals surface area contributed by atoms with E-state index in [1.54, 1.807) is 0 Å². The minimum absolute atomic E-state index is 0.0338. The molecule has 0 aromatic carbocycles. The normalized spacial score (nSPS) is 27.4. The number of nitrogens with zero attached hydrogens (tertiary/aromatic N) is 1. The molecule has 0 aromatic rings. The highest BCUT2D eigenvalue weighted by atomic mass is 16.2. The van der Waals surface area contributed by atoms with E-state index in [0.29, 0.717) is 51.5 Å². The van der Waals surface area contributed by atoms with Crippen LogP contribution in [0.4, 0.5) is 0 Å². The number of hydrogen-bond donors (Lipinski definition) is 5. The summed E-state index contributed by atoms with van der Waals surface area (Å²) in [5.74, 6) is -2.55. The third kappa shape index (κ3) is 12.7. The second-order valence-electron chi connectivity index (χ2n) is 15.6. The van der Waals surface area contributed by atoms with E-state index in [1.807, 2.05) is 69.2 Å². The van der Waals surface area contributed by atoms with Gasteiger partial charge in [0, 0.05) is 6.54 Å². The van der Waals surface area contributed by atoms with Crippen molar-refractivity contribution >= 4 is 35.4 Å². The van der Waals surface area contributed by atoms with Crippen LogP contribution in [-0.4, -0.2) is 83.1 Å². The Morgan fingerprint density at radius 2 is 0.745 bits per heavy atom. The lowest BCUT2D eigenvalue weighted by atomic mass is 9.97. The Kier molecular flexibility index (Phi) is 15.6. The van der Waals surface area contributed by atoms with Gasteiger partial charge in [-0.25, -0.2) is 0 Å². The molecule has 5 N–H and O–H groups in total. The van der Waals surface area contributed by atoms with Gasteiger partial charge in [-0.1, -0.05) is 69.2 Å². The minimum Gasteiger partial charge on any atom is -0.343 e. The number of fused-ring (bicyclic) bond motifs is 1. The van der Waals surface area contributed by atoms with Crippen LogP contribution in [0.25, 0.3) is 0 Å². The quantitative estimate of drug-likeness (QED) is 0.241. The standard InChI is InChI=1S/C35H62N6O6/c1-19(2)14-24-31(43)38-26(16-21(5)6)33(45)40-28(18-23(9)10)35(47)41-13-11-12-29(41)34(46)39-27(17-22(7)8)32(44)37-25(15-20(3)4)30(42)36-24/h19-29H,11-18H2,1-10H3,(H,36,42)(H,37,44)(H,38,43)(H,39,46)(H,40,45)/t24-,25-,26-,27-,28+,29-/m1/s1. The van der Waals surface area contributed by atoms with Crippen molar-refractivity contribution in [3.63, 3.8) is 0 Å². The van der Waals surface area contributed by atoms with Gasteiger partial charge in [0.1, 0.15) is 36.3 Å². The zero-order chi connectivity index (χ0) is 35.6. The molecule has 0 aliphatic carbocycles. The van der Waals surface area contributed by atoms with Gasteiger partial charge in [0.2, 0.25) is 35.4 Å². The van der Waals surface area contributed by atoms with E-state index >= 15 is 0 Å². The van der Waals surface area contributed by atoms with Crippen molar-refractivity contribution in [3.8, 4) is 0 Å². The average Bonchev–Trinajstić information content (AvgIpc) is 3.43. The molecular weight excluding hydrogens is 600 g/mol. The van der Waals surface area contributed by atoms with Crippen LogP contribution in [-0.2, 0) is 28.8 Å². The van der Waals surface area contributed by atoms with Gasteiger partial charge >= 0.3 is 0 Å². The molecule has 2 fully saturated rings. The van der Waals surface area contributed by atoms with Gasteiger partial charge < -0.3 is 31.5 Å². The summed E-state index contributed by atoms with van der Waals surface area (Å²) in [4.78, 5) is 84.4. The van der Waals surface area contributed by atoms with Crippen molar-refractivity contribution in [2.24, 2.45) is 29.6 Å². The molecular formula is C35H62N6O6. The first-order chi connectivity index (χ1) is 21.9. The highest BCUT2D eigenvalue weighted by Gasteiger charge is 2.40. The van der Waals surface area contributed by atoms with Crippen molar-refractivity contribution in [3.05, 3.63) is 0 Å². The largest absolute Gasteiger partial charge is 0.343 e. The van der Waals surface area contributed by atoms with Crippen LogP contribution in [0.15, 0.2) is 0 Å². The van der Waals surface area contributed by atoms with Crippen LogP contribution in [0.3, 0.4) is 0 Å². The maximum absolute atomic E-state index is 14.0. The molecule has 2 heterocycles. The van der Waals surface area contributed by atoms with Crippen LogP contribution >= 0.6 is 0 Å². The van der Waals surface area contributed by atoms with Gasteiger partial charge in [0.25, 0.3) is 0 Å². The van der Waals surface area contributed by atoms with Crippen molar-refractivity contribution in [2.75, 3.05) is 6.54 Å². The fourth-order valence-corrected chi connectivity index (χ4v) is 6.36. The molecule has 12 nitrogen and oxygen atoms in total. The molecule has 6 atom stereocenters. The molecule has 268 valence electrons. The Hall–Kier alpha value is -3.18. The number of hydrogen-bond acceptors (Lipinski definition) is 6. The second-order valence-corrected chi connectivity index (χ2v) is 15.6. The summed E-state index contributed by atoms with van der Waals surface area (Å²) >= 11 is 0. The zero-order valence-electron chi connectivity index (χ0n) is 30.4. The predicted octanol–water partition coefficient (Wildman–Crippen LogP) is 2.65. The van der Waals surface area contributed by atoms with Gasteiger partial charge in [-0.3, -0.25) is 28.8 Å². The molecule has 0 spiro atoms. The molecule has 0 saturated carbocycles.